The molecule has 0 unspecified atom stereocenters. The summed E-state index contributed by atoms with van der Waals surface area (Å²) in [5.41, 5.74) is 1.47. The molecule has 0 spiro atoms. The molecule has 0 aliphatic carbocycles. The Morgan fingerprint density at radius 2 is 1.69 bits per heavy atom. The van der Waals surface area contributed by atoms with Crippen LogP contribution in [0.5, 0.6) is 0 Å². The van der Waals surface area contributed by atoms with Crippen LogP contribution in [0.2, 0.25) is 0 Å². The van der Waals surface area contributed by atoms with Crippen LogP contribution in [-0.4, -0.2) is 23.5 Å². The number of aromatic nitrogens is 1. The Morgan fingerprint density at radius 1 is 0.966 bits per heavy atom. The fourth-order valence-corrected chi connectivity index (χ4v) is 3.01. The van der Waals surface area contributed by atoms with Crippen LogP contribution in [0, 0.1) is 6.92 Å². The molecule has 1 heterocycles. The average molecular weight is 386 g/mol. The van der Waals surface area contributed by atoms with Gasteiger partial charge in [-0.2, -0.15) is 0 Å². The summed E-state index contributed by atoms with van der Waals surface area (Å²) in [7, 11) is 0. The molecule has 6 nitrogen and oxygen atoms in total. The van der Waals surface area contributed by atoms with Crippen molar-refractivity contribution < 1.29 is 18.7 Å². The van der Waals surface area contributed by atoms with Gasteiger partial charge in [0.1, 0.15) is 5.76 Å². The van der Waals surface area contributed by atoms with E-state index in [2.05, 4.69) is 10.3 Å². The van der Waals surface area contributed by atoms with E-state index in [-0.39, 0.29) is 5.69 Å². The van der Waals surface area contributed by atoms with Crippen LogP contribution in [0.3, 0.4) is 0 Å². The molecule has 0 radical (unpaired) electrons. The number of hydrogen-bond donors (Lipinski definition) is 1. The number of nitrogens with one attached hydrogen (secondary N) is 1. The van der Waals surface area contributed by atoms with E-state index in [1.165, 1.54) is 0 Å². The number of rotatable bonds is 5. The molecule has 0 atom stereocenters. The minimum atomic E-state index is -0.707. The van der Waals surface area contributed by atoms with E-state index in [1.807, 2.05) is 66.7 Å². The largest absolute Gasteiger partial charge is 0.451 e. The maximum absolute atomic E-state index is 12.4. The lowest BCUT2D eigenvalue weighted by Crippen LogP contribution is -2.21. The molecule has 0 fully saturated rings. The molecule has 144 valence electrons. The molecule has 1 aromatic heterocycles. The number of oxazole rings is 1. The maximum atomic E-state index is 12.4. The van der Waals surface area contributed by atoms with Crippen LogP contribution < -0.4 is 5.32 Å². The number of amides is 1. The van der Waals surface area contributed by atoms with Crippen molar-refractivity contribution >= 4 is 28.3 Å². The second-order valence-corrected chi connectivity index (χ2v) is 6.44. The number of hydrogen-bond acceptors (Lipinski definition) is 5. The van der Waals surface area contributed by atoms with Crippen LogP contribution in [0.4, 0.5) is 5.69 Å². The molecular weight excluding hydrogens is 368 g/mol. The van der Waals surface area contributed by atoms with Crippen molar-refractivity contribution in [3.05, 3.63) is 84.3 Å². The smallest absolute Gasteiger partial charge is 0.361 e. The molecule has 0 saturated heterocycles. The van der Waals surface area contributed by atoms with E-state index in [1.54, 1.807) is 13.0 Å². The third kappa shape index (κ3) is 4.01. The molecular formula is C23H18N2O4. The topological polar surface area (TPSA) is 81.4 Å². The summed E-state index contributed by atoms with van der Waals surface area (Å²) in [6.07, 6.45) is 0. The van der Waals surface area contributed by atoms with E-state index in [0.717, 1.165) is 16.3 Å². The van der Waals surface area contributed by atoms with Crippen LogP contribution in [0.1, 0.15) is 16.2 Å². The predicted octanol–water partition coefficient (Wildman–Crippen LogP) is 4.60. The monoisotopic (exact) mass is 386 g/mol. The van der Waals surface area contributed by atoms with Gasteiger partial charge in [0.2, 0.25) is 5.89 Å². The predicted molar refractivity (Wildman–Crippen MR) is 110 cm³/mol. The lowest BCUT2D eigenvalue weighted by Gasteiger charge is -2.09. The quantitative estimate of drug-likeness (QED) is 0.507. The summed E-state index contributed by atoms with van der Waals surface area (Å²) in [4.78, 5) is 28.8. The Morgan fingerprint density at radius 3 is 2.52 bits per heavy atom. The first-order valence-electron chi connectivity index (χ1n) is 9.09. The fraction of sp³-hybridized carbons (Fsp3) is 0.0870. The normalized spacial score (nSPS) is 10.7. The summed E-state index contributed by atoms with van der Waals surface area (Å²) in [5, 5.41) is 4.70. The highest BCUT2D eigenvalue weighted by Crippen LogP contribution is 2.23. The fourth-order valence-electron chi connectivity index (χ4n) is 3.01. The first-order valence-corrected chi connectivity index (χ1v) is 9.09. The number of fused-ring (bicyclic) bond motifs is 1. The number of anilines is 1. The summed E-state index contributed by atoms with van der Waals surface area (Å²) >= 11 is 0. The van der Waals surface area contributed by atoms with Crippen LogP contribution >= 0.6 is 0 Å². The van der Waals surface area contributed by atoms with Crippen LogP contribution in [-0.2, 0) is 9.53 Å². The molecule has 1 amide bonds. The first-order chi connectivity index (χ1) is 14.1. The number of esters is 1. The summed E-state index contributed by atoms with van der Waals surface area (Å²) in [5.74, 6) is -0.473. The Bertz CT molecular complexity index is 1180. The third-order valence-corrected chi connectivity index (χ3v) is 4.41. The van der Waals surface area contributed by atoms with Crippen LogP contribution in [0.25, 0.3) is 22.2 Å². The molecule has 0 saturated carbocycles. The lowest BCUT2D eigenvalue weighted by atomic mass is 10.1. The van der Waals surface area contributed by atoms with Gasteiger partial charge in [-0.25, -0.2) is 9.78 Å². The first kappa shape index (κ1) is 18.4. The van der Waals surface area contributed by atoms with E-state index in [9.17, 15) is 9.59 Å². The van der Waals surface area contributed by atoms with E-state index in [4.69, 9.17) is 9.15 Å². The average Bonchev–Trinajstić information content (AvgIpc) is 3.15. The van der Waals surface area contributed by atoms with Gasteiger partial charge in [-0.1, -0.05) is 54.6 Å². The van der Waals surface area contributed by atoms with Crippen molar-refractivity contribution in [1.82, 2.24) is 4.98 Å². The van der Waals surface area contributed by atoms with Gasteiger partial charge < -0.3 is 14.5 Å². The number of nitrogens with zero attached hydrogens (tertiary/aromatic N) is 1. The van der Waals surface area contributed by atoms with E-state index in [0.29, 0.717) is 17.3 Å². The minimum Gasteiger partial charge on any atom is -0.451 e. The highest BCUT2D eigenvalue weighted by Gasteiger charge is 2.20. The van der Waals surface area contributed by atoms with Crippen molar-refractivity contribution in [3.8, 4) is 11.5 Å². The summed E-state index contributed by atoms with van der Waals surface area (Å²) in [6.45, 7) is 1.21. The van der Waals surface area contributed by atoms with Gasteiger partial charge in [-0.05, 0) is 30.5 Å². The Balaban J connectivity index is 1.42. The van der Waals surface area contributed by atoms with Crippen molar-refractivity contribution in [3.63, 3.8) is 0 Å². The Hall–Kier alpha value is -3.93. The van der Waals surface area contributed by atoms with Gasteiger partial charge in [0.05, 0.1) is 0 Å². The van der Waals surface area contributed by atoms with Crippen molar-refractivity contribution in [2.24, 2.45) is 0 Å². The molecule has 4 rings (SSSR count). The number of ether oxygens (including phenoxy) is 1. The molecule has 0 aliphatic rings. The molecule has 0 bridgehead atoms. The maximum Gasteiger partial charge on any atom is 0.361 e. The number of benzene rings is 3. The summed E-state index contributed by atoms with van der Waals surface area (Å²) < 4.78 is 10.7. The molecule has 6 heteroatoms. The van der Waals surface area contributed by atoms with Crippen molar-refractivity contribution in [1.29, 1.82) is 0 Å². The Labute approximate surface area is 167 Å². The molecule has 0 aliphatic heterocycles. The summed E-state index contributed by atoms with van der Waals surface area (Å²) in [6, 6.07) is 22.6. The number of carbonyl (C=O) groups is 2. The van der Waals surface area contributed by atoms with Gasteiger partial charge in [-0.3, -0.25) is 4.79 Å². The second-order valence-electron chi connectivity index (χ2n) is 6.44. The lowest BCUT2D eigenvalue weighted by molar-refractivity contribution is -0.119. The van der Waals surface area contributed by atoms with E-state index < -0.39 is 18.5 Å². The van der Waals surface area contributed by atoms with Gasteiger partial charge in [0, 0.05) is 16.6 Å². The molecule has 3 aromatic carbocycles. The van der Waals surface area contributed by atoms with Crippen molar-refractivity contribution in [2.45, 2.75) is 6.92 Å². The zero-order valence-corrected chi connectivity index (χ0v) is 15.7. The van der Waals surface area contributed by atoms with Crippen LogP contribution in [0.15, 0.2) is 77.2 Å². The Kier molecular flexibility index (Phi) is 5.07. The second kappa shape index (κ2) is 7.98. The van der Waals surface area contributed by atoms with E-state index >= 15 is 0 Å². The zero-order valence-electron chi connectivity index (χ0n) is 15.7. The van der Waals surface area contributed by atoms with Crippen molar-refractivity contribution in [2.75, 3.05) is 11.9 Å². The van der Waals surface area contributed by atoms with Gasteiger partial charge >= 0.3 is 5.97 Å². The molecule has 1 N–H and O–H groups in total. The SMILES string of the molecule is Cc1oc(-c2ccccc2)nc1C(=O)OCC(=O)Nc1cccc2ccccc12. The van der Waals surface area contributed by atoms with Gasteiger partial charge in [-0.15, -0.1) is 0 Å². The molecule has 4 aromatic rings. The standard InChI is InChI=1S/C23H18N2O4/c1-15-21(25-22(29-15)17-9-3-2-4-10-17)23(27)28-14-20(26)24-19-13-7-11-16-8-5-6-12-18(16)19/h2-13H,14H2,1H3,(H,24,26). The van der Waals surface area contributed by atoms with Gasteiger partial charge in [0.15, 0.2) is 12.3 Å². The molecule has 29 heavy (non-hydrogen) atoms. The van der Waals surface area contributed by atoms with Gasteiger partial charge in [0.25, 0.3) is 5.91 Å². The zero-order chi connectivity index (χ0) is 20.2. The highest BCUT2D eigenvalue weighted by molar-refractivity contribution is 6.03. The number of aryl methyl sites for hydroxylation is 1. The third-order valence-electron chi connectivity index (χ3n) is 4.41. The minimum absolute atomic E-state index is 0.0572. The number of carbonyl (C=O) groups excluding carboxylic acids is 2. The highest BCUT2D eigenvalue weighted by atomic mass is 16.5.